The molecule has 0 unspecified atom stereocenters. The zero-order valence-electron chi connectivity index (χ0n) is 14.0. The second kappa shape index (κ2) is 5.61. The van der Waals surface area contributed by atoms with Crippen LogP contribution in [0.1, 0.15) is 63.5 Å². The smallest absolute Gasteiger partial charge is 0.292 e. The summed E-state index contributed by atoms with van der Waals surface area (Å²) in [5.74, 6) is 2.04. The van der Waals surface area contributed by atoms with Crippen molar-refractivity contribution in [1.29, 1.82) is 0 Å². The number of fused-ring (bicyclic) bond motifs is 1. The fraction of sp³-hybridized carbons (Fsp3) is 0.500. The number of aromatic nitrogens is 2. The van der Waals surface area contributed by atoms with Crippen LogP contribution in [0.25, 0.3) is 0 Å². The third-order valence-electron chi connectivity index (χ3n) is 4.89. The monoisotopic (exact) mass is 327 g/mol. The number of anilines is 1. The van der Waals surface area contributed by atoms with Crippen molar-refractivity contribution in [3.05, 3.63) is 34.4 Å². The Bertz CT molecular complexity index is 827. The van der Waals surface area contributed by atoms with Crippen molar-refractivity contribution in [1.82, 2.24) is 9.78 Å². The average molecular weight is 327 g/mol. The van der Waals surface area contributed by atoms with Crippen LogP contribution in [0.4, 0.5) is 5.82 Å². The zero-order chi connectivity index (χ0) is 16.8. The van der Waals surface area contributed by atoms with Gasteiger partial charge in [0.25, 0.3) is 5.91 Å². The number of nitrogens with one attached hydrogen (secondary N) is 1. The molecule has 4 rings (SSSR count). The summed E-state index contributed by atoms with van der Waals surface area (Å²) in [5.41, 5.74) is 2.18. The molecule has 0 spiro atoms. The van der Waals surface area contributed by atoms with Crippen molar-refractivity contribution in [2.75, 3.05) is 5.32 Å². The number of aryl methyl sites for hydroxylation is 2. The molecule has 1 amide bonds. The first kappa shape index (κ1) is 15.2. The van der Waals surface area contributed by atoms with Crippen molar-refractivity contribution >= 4 is 17.5 Å². The fourth-order valence-electron chi connectivity index (χ4n) is 3.35. The molecule has 0 radical (unpaired) electrons. The second-order valence-corrected chi connectivity index (χ2v) is 6.89. The van der Waals surface area contributed by atoms with Gasteiger partial charge in [-0.05, 0) is 39.0 Å². The predicted octanol–water partition coefficient (Wildman–Crippen LogP) is 3.27. The normalized spacial score (nSPS) is 17.0. The maximum absolute atomic E-state index is 12.7. The molecule has 2 heterocycles. The quantitative estimate of drug-likeness (QED) is 0.935. The lowest BCUT2D eigenvalue weighted by molar-refractivity contribution is 0.0963. The molecule has 2 aliphatic carbocycles. The summed E-state index contributed by atoms with van der Waals surface area (Å²) in [5, 5.41) is 7.29. The molecule has 0 atom stereocenters. The van der Waals surface area contributed by atoms with Gasteiger partial charge in [0.2, 0.25) is 0 Å². The maximum Gasteiger partial charge on any atom is 0.292 e. The molecular weight excluding hydrogens is 306 g/mol. The van der Waals surface area contributed by atoms with E-state index in [1.807, 2.05) is 11.6 Å². The summed E-state index contributed by atoms with van der Waals surface area (Å²) in [7, 11) is 0. The number of Topliss-reactive ketones (excluding diaryl/α,β-unsaturated/α-hetero) is 1. The molecule has 0 aliphatic heterocycles. The molecule has 1 saturated carbocycles. The number of rotatable bonds is 4. The first-order chi connectivity index (χ1) is 11.5. The van der Waals surface area contributed by atoms with Crippen molar-refractivity contribution in [3.8, 4) is 0 Å². The minimum absolute atomic E-state index is 0.0755. The van der Waals surface area contributed by atoms with E-state index in [-0.39, 0.29) is 17.5 Å². The first-order valence-electron chi connectivity index (χ1n) is 8.54. The van der Waals surface area contributed by atoms with E-state index in [1.54, 1.807) is 13.1 Å². The van der Waals surface area contributed by atoms with Crippen LogP contribution >= 0.6 is 0 Å². The van der Waals surface area contributed by atoms with E-state index < -0.39 is 0 Å². The van der Waals surface area contributed by atoms with Crippen molar-refractivity contribution in [2.24, 2.45) is 5.92 Å². The van der Waals surface area contributed by atoms with Crippen LogP contribution in [-0.4, -0.2) is 21.5 Å². The minimum atomic E-state index is -0.310. The highest BCUT2D eigenvalue weighted by Gasteiger charge is 2.30. The molecule has 6 heteroatoms. The van der Waals surface area contributed by atoms with Crippen LogP contribution < -0.4 is 5.32 Å². The highest BCUT2D eigenvalue weighted by Crippen LogP contribution is 2.33. The van der Waals surface area contributed by atoms with E-state index in [9.17, 15) is 9.59 Å². The Morgan fingerprint density at radius 2 is 2.17 bits per heavy atom. The van der Waals surface area contributed by atoms with Crippen molar-refractivity contribution < 1.29 is 14.0 Å². The van der Waals surface area contributed by atoms with E-state index in [0.717, 1.165) is 18.5 Å². The average Bonchev–Trinajstić information content (AvgIpc) is 3.22. The Hall–Kier alpha value is -2.37. The van der Waals surface area contributed by atoms with Crippen LogP contribution in [0.15, 0.2) is 10.6 Å². The molecule has 2 aliphatic rings. The number of furan rings is 1. The zero-order valence-corrected chi connectivity index (χ0v) is 14.0. The number of hydrogen-bond acceptors (Lipinski definition) is 4. The summed E-state index contributed by atoms with van der Waals surface area (Å²) in [6.45, 7) is 4.54. The molecule has 1 N–H and O–H groups in total. The van der Waals surface area contributed by atoms with Crippen LogP contribution in [0.3, 0.4) is 0 Å². The van der Waals surface area contributed by atoms with Crippen molar-refractivity contribution in [2.45, 2.75) is 52.5 Å². The van der Waals surface area contributed by atoms with Gasteiger partial charge in [-0.15, -0.1) is 0 Å². The number of hydrogen-bond donors (Lipinski definition) is 1. The molecule has 2 aromatic heterocycles. The van der Waals surface area contributed by atoms with Crippen LogP contribution in [0.2, 0.25) is 0 Å². The Labute approximate surface area is 140 Å². The molecule has 0 bridgehead atoms. The van der Waals surface area contributed by atoms with E-state index in [4.69, 9.17) is 4.42 Å². The summed E-state index contributed by atoms with van der Waals surface area (Å²) in [6.07, 6.45) is 6.24. The van der Waals surface area contributed by atoms with Gasteiger partial charge in [-0.3, -0.25) is 9.59 Å². The van der Waals surface area contributed by atoms with E-state index in [1.165, 1.54) is 12.8 Å². The fourth-order valence-corrected chi connectivity index (χ4v) is 3.35. The predicted molar refractivity (Wildman–Crippen MR) is 88.4 cm³/mol. The SMILES string of the molecule is Cc1cnn(CC2CC2)c1NC(=O)c1oc2c(c1C)C(=O)CCC2. The molecule has 1 fully saturated rings. The van der Waals surface area contributed by atoms with Crippen LogP contribution in [0, 0.1) is 19.8 Å². The number of carbonyl (C=O) groups is 2. The summed E-state index contributed by atoms with van der Waals surface area (Å²) < 4.78 is 7.58. The summed E-state index contributed by atoms with van der Waals surface area (Å²) in [6, 6.07) is 0. The van der Waals surface area contributed by atoms with Gasteiger partial charge in [-0.1, -0.05) is 0 Å². The Kier molecular flexibility index (Phi) is 3.55. The van der Waals surface area contributed by atoms with Gasteiger partial charge in [-0.2, -0.15) is 5.10 Å². The minimum Gasteiger partial charge on any atom is -0.455 e. The molecular formula is C18H21N3O3. The van der Waals surface area contributed by atoms with Gasteiger partial charge in [0.15, 0.2) is 11.5 Å². The Balaban J connectivity index is 1.61. The van der Waals surface area contributed by atoms with E-state index in [2.05, 4.69) is 10.4 Å². The molecule has 126 valence electrons. The van der Waals surface area contributed by atoms with E-state index >= 15 is 0 Å². The molecule has 2 aromatic rings. The van der Waals surface area contributed by atoms with E-state index in [0.29, 0.717) is 41.5 Å². The third-order valence-corrected chi connectivity index (χ3v) is 4.89. The van der Waals surface area contributed by atoms with Gasteiger partial charge >= 0.3 is 0 Å². The second-order valence-electron chi connectivity index (χ2n) is 6.89. The van der Waals surface area contributed by atoms with Crippen LogP contribution in [0.5, 0.6) is 0 Å². The van der Waals surface area contributed by atoms with Crippen LogP contribution in [-0.2, 0) is 13.0 Å². The van der Waals surface area contributed by atoms with Gasteiger partial charge < -0.3 is 9.73 Å². The lowest BCUT2D eigenvalue weighted by atomic mass is 9.94. The Morgan fingerprint density at radius 3 is 2.88 bits per heavy atom. The number of nitrogens with zero attached hydrogens (tertiary/aromatic N) is 2. The number of carbonyl (C=O) groups excluding carboxylic acids is 2. The van der Waals surface area contributed by atoms with Gasteiger partial charge in [-0.25, -0.2) is 4.68 Å². The van der Waals surface area contributed by atoms with Gasteiger partial charge in [0, 0.05) is 30.5 Å². The Morgan fingerprint density at radius 1 is 1.38 bits per heavy atom. The number of ketones is 1. The lowest BCUT2D eigenvalue weighted by Gasteiger charge is -2.09. The molecule has 0 aromatic carbocycles. The summed E-state index contributed by atoms with van der Waals surface area (Å²) >= 11 is 0. The highest BCUT2D eigenvalue weighted by atomic mass is 16.4. The maximum atomic E-state index is 12.7. The third kappa shape index (κ3) is 2.56. The van der Waals surface area contributed by atoms with Gasteiger partial charge in [0.05, 0.1) is 11.8 Å². The highest BCUT2D eigenvalue weighted by molar-refractivity contribution is 6.07. The summed E-state index contributed by atoms with van der Waals surface area (Å²) in [4.78, 5) is 24.8. The first-order valence-corrected chi connectivity index (χ1v) is 8.54. The lowest BCUT2D eigenvalue weighted by Crippen LogP contribution is -2.17. The molecule has 6 nitrogen and oxygen atoms in total. The van der Waals surface area contributed by atoms with Crippen molar-refractivity contribution in [3.63, 3.8) is 0 Å². The number of amides is 1. The topological polar surface area (TPSA) is 77.1 Å². The standard InChI is InChI=1S/C18H21N3O3/c1-10-8-19-21(9-12-6-7-12)17(10)20-18(23)16-11(2)15-13(22)4-3-5-14(15)24-16/h8,12H,3-7,9H2,1-2H3,(H,20,23). The largest absolute Gasteiger partial charge is 0.455 e. The van der Waals surface area contributed by atoms with Gasteiger partial charge in [0.1, 0.15) is 11.6 Å². The molecule has 24 heavy (non-hydrogen) atoms. The molecule has 0 saturated heterocycles.